The Morgan fingerprint density at radius 1 is 1.16 bits per heavy atom. The van der Waals surface area contributed by atoms with E-state index >= 15 is 0 Å². The molecular formula is C25H34N4OS. The number of nitrogens with zero attached hydrogens (tertiary/aromatic N) is 3. The van der Waals surface area contributed by atoms with Crippen LogP contribution in [0, 0.1) is 30.1 Å². The van der Waals surface area contributed by atoms with Gasteiger partial charge in [0.1, 0.15) is 0 Å². The monoisotopic (exact) mass is 438 g/mol. The summed E-state index contributed by atoms with van der Waals surface area (Å²) >= 11 is 1.50. The Balaban J connectivity index is 1.23. The highest BCUT2D eigenvalue weighted by Crippen LogP contribution is 2.61. The first-order valence-electron chi connectivity index (χ1n) is 11.9. The van der Waals surface area contributed by atoms with Crippen molar-refractivity contribution >= 4 is 17.7 Å². The maximum atomic E-state index is 12.9. The van der Waals surface area contributed by atoms with Crippen LogP contribution in [-0.2, 0) is 11.3 Å². The minimum atomic E-state index is 0.122. The number of nitrogens with one attached hydrogen (secondary N) is 1. The largest absolute Gasteiger partial charge is 0.352 e. The lowest BCUT2D eigenvalue weighted by Crippen LogP contribution is -2.56. The lowest BCUT2D eigenvalue weighted by Gasteiger charge is -2.59. The van der Waals surface area contributed by atoms with Crippen molar-refractivity contribution in [2.24, 2.45) is 23.2 Å². The first-order valence-corrected chi connectivity index (χ1v) is 12.9. The second-order valence-corrected chi connectivity index (χ2v) is 11.2. The van der Waals surface area contributed by atoms with Gasteiger partial charge in [0.15, 0.2) is 11.0 Å². The molecule has 6 rings (SSSR count). The molecule has 4 saturated carbocycles. The van der Waals surface area contributed by atoms with Gasteiger partial charge >= 0.3 is 0 Å². The molecule has 1 amide bonds. The highest BCUT2D eigenvalue weighted by Gasteiger charge is 2.53. The Morgan fingerprint density at radius 2 is 1.81 bits per heavy atom. The van der Waals surface area contributed by atoms with E-state index in [1.165, 1.54) is 55.9 Å². The van der Waals surface area contributed by atoms with Crippen molar-refractivity contribution in [2.45, 2.75) is 77.0 Å². The molecule has 4 bridgehead atoms. The Kier molecular flexibility index (Phi) is 5.61. The average molecular weight is 439 g/mol. The van der Waals surface area contributed by atoms with Gasteiger partial charge in [-0.3, -0.25) is 4.79 Å². The molecule has 4 aliphatic rings. The molecule has 5 nitrogen and oxygen atoms in total. The van der Waals surface area contributed by atoms with E-state index in [4.69, 9.17) is 0 Å². The molecule has 4 aliphatic carbocycles. The number of aryl methyl sites for hydroxylation is 1. The van der Waals surface area contributed by atoms with Crippen LogP contribution in [-0.4, -0.2) is 32.5 Å². The van der Waals surface area contributed by atoms with Gasteiger partial charge in [0.25, 0.3) is 0 Å². The molecule has 1 aromatic carbocycles. The smallest absolute Gasteiger partial charge is 0.230 e. The van der Waals surface area contributed by atoms with Crippen LogP contribution in [0.25, 0.3) is 11.4 Å². The Bertz CT molecular complexity index is 933. The van der Waals surface area contributed by atoms with Crippen molar-refractivity contribution in [2.75, 3.05) is 5.75 Å². The first-order chi connectivity index (χ1) is 15.0. The number of amides is 1. The second kappa shape index (κ2) is 8.27. The van der Waals surface area contributed by atoms with E-state index in [1.807, 2.05) is 12.1 Å². The zero-order valence-corrected chi connectivity index (χ0v) is 19.8. The summed E-state index contributed by atoms with van der Waals surface area (Å²) in [4.78, 5) is 12.9. The minimum Gasteiger partial charge on any atom is -0.352 e. The molecule has 2 aromatic rings. The molecule has 1 heterocycles. The summed E-state index contributed by atoms with van der Waals surface area (Å²) < 4.78 is 2.11. The van der Waals surface area contributed by atoms with Gasteiger partial charge in [-0.2, -0.15) is 0 Å². The van der Waals surface area contributed by atoms with Gasteiger partial charge in [-0.15, -0.1) is 10.2 Å². The normalized spacial score (nSPS) is 29.8. The lowest BCUT2D eigenvalue weighted by atomic mass is 9.48. The van der Waals surface area contributed by atoms with Gasteiger partial charge in [-0.05, 0) is 88.0 Å². The van der Waals surface area contributed by atoms with Crippen molar-refractivity contribution in [1.29, 1.82) is 0 Å². The maximum absolute atomic E-state index is 12.9. The van der Waals surface area contributed by atoms with Crippen LogP contribution in [0.2, 0.25) is 0 Å². The van der Waals surface area contributed by atoms with Crippen molar-refractivity contribution in [3.63, 3.8) is 0 Å². The van der Waals surface area contributed by atoms with Crippen LogP contribution >= 0.6 is 11.8 Å². The molecule has 31 heavy (non-hydrogen) atoms. The van der Waals surface area contributed by atoms with Gasteiger partial charge in [0, 0.05) is 18.2 Å². The fourth-order valence-electron chi connectivity index (χ4n) is 6.98. The predicted octanol–water partition coefficient (Wildman–Crippen LogP) is 5.09. The van der Waals surface area contributed by atoms with Crippen LogP contribution in [0.3, 0.4) is 0 Å². The Labute approximate surface area is 189 Å². The molecule has 0 unspecified atom stereocenters. The summed E-state index contributed by atoms with van der Waals surface area (Å²) in [5.41, 5.74) is 2.63. The molecule has 1 aromatic heterocycles. The molecule has 0 saturated heterocycles. The highest BCUT2D eigenvalue weighted by atomic mass is 32.2. The van der Waals surface area contributed by atoms with Crippen molar-refractivity contribution in [3.8, 4) is 11.4 Å². The van der Waals surface area contributed by atoms with Crippen molar-refractivity contribution < 1.29 is 4.79 Å². The van der Waals surface area contributed by atoms with E-state index < -0.39 is 0 Å². The second-order valence-electron chi connectivity index (χ2n) is 10.2. The Morgan fingerprint density at radius 3 is 2.42 bits per heavy atom. The third-order valence-electron chi connectivity index (χ3n) is 8.13. The van der Waals surface area contributed by atoms with E-state index in [1.54, 1.807) is 0 Å². The van der Waals surface area contributed by atoms with Gasteiger partial charge in [-0.1, -0.05) is 36.0 Å². The molecule has 1 N–H and O–H groups in total. The number of thioether (sulfide) groups is 1. The average Bonchev–Trinajstić information content (AvgIpc) is 3.14. The summed E-state index contributed by atoms with van der Waals surface area (Å²) in [5.74, 6) is 4.11. The zero-order chi connectivity index (χ0) is 21.6. The number of hydrogen-bond donors (Lipinski definition) is 1. The molecule has 166 valence electrons. The summed E-state index contributed by atoms with van der Waals surface area (Å²) in [6.45, 7) is 7.23. The van der Waals surface area contributed by atoms with E-state index in [-0.39, 0.29) is 11.9 Å². The third-order valence-corrected chi connectivity index (χ3v) is 9.10. The van der Waals surface area contributed by atoms with Crippen LogP contribution in [0.15, 0.2) is 29.4 Å². The van der Waals surface area contributed by atoms with Crippen LogP contribution < -0.4 is 5.32 Å². The quantitative estimate of drug-likeness (QED) is 0.612. The number of aromatic nitrogens is 3. The van der Waals surface area contributed by atoms with Gasteiger partial charge in [0.2, 0.25) is 5.91 Å². The molecule has 0 spiro atoms. The van der Waals surface area contributed by atoms with E-state index in [0.29, 0.717) is 11.2 Å². The SMILES string of the molecule is CCn1c(SCC(=O)N[C@@H](C)C23CC4CC(CC(C4)C2)C3)nnc1-c1ccccc1C. The molecule has 1 atom stereocenters. The van der Waals surface area contributed by atoms with Crippen molar-refractivity contribution in [1.82, 2.24) is 20.1 Å². The van der Waals surface area contributed by atoms with E-state index in [9.17, 15) is 4.79 Å². The number of carbonyl (C=O) groups excluding carboxylic acids is 1. The maximum Gasteiger partial charge on any atom is 0.230 e. The minimum absolute atomic E-state index is 0.122. The fraction of sp³-hybridized carbons (Fsp3) is 0.640. The number of hydrogen-bond acceptors (Lipinski definition) is 4. The topological polar surface area (TPSA) is 59.8 Å². The summed E-state index contributed by atoms with van der Waals surface area (Å²) in [7, 11) is 0. The molecule has 0 radical (unpaired) electrons. The number of benzene rings is 1. The summed E-state index contributed by atoms with van der Waals surface area (Å²) in [6.07, 6.45) is 8.26. The van der Waals surface area contributed by atoms with Crippen molar-refractivity contribution in [3.05, 3.63) is 29.8 Å². The van der Waals surface area contributed by atoms with E-state index in [0.717, 1.165) is 40.8 Å². The van der Waals surface area contributed by atoms with Gasteiger partial charge in [0.05, 0.1) is 5.75 Å². The van der Waals surface area contributed by atoms with Gasteiger partial charge < -0.3 is 9.88 Å². The highest BCUT2D eigenvalue weighted by molar-refractivity contribution is 7.99. The molecule has 4 fully saturated rings. The van der Waals surface area contributed by atoms with Crippen LogP contribution in [0.5, 0.6) is 0 Å². The first kappa shape index (κ1) is 21.0. The summed E-state index contributed by atoms with van der Waals surface area (Å²) in [6, 6.07) is 8.51. The Hall–Kier alpha value is -1.82. The molecule has 6 heteroatoms. The lowest BCUT2D eigenvalue weighted by molar-refractivity contribution is -0.123. The van der Waals surface area contributed by atoms with Crippen LogP contribution in [0.4, 0.5) is 0 Å². The number of carbonyl (C=O) groups is 1. The molecule has 0 aliphatic heterocycles. The standard InChI is InChI=1S/C25H34N4OS/c1-4-29-23(21-8-6-5-7-16(21)2)27-28-24(29)31-15-22(30)26-17(3)25-12-18-9-19(13-25)11-20(10-18)14-25/h5-8,17-20H,4,9-15H2,1-3H3,(H,26,30)/t17-,18?,19?,20?,25?/m0/s1. The van der Waals surface area contributed by atoms with E-state index in [2.05, 4.69) is 53.0 Å². The zero-order valence-electron chi connectivity index (χ0n) is 18.9. The number of rotatable bonds is 7. The fourth-order valence-corrected chi connectivity index (χ4v) is 7.79. The third kappa shape index (κ3) is 3.92. The van der Waals surface area contributed by atoms with Crippen LogP contribution in [0.1, 0.15) is 57.9 Å². The molecular weight excluding hydrogens is 404 g/mol. The summed E-state index contributed by atoms with van der Waals surface area (Å²) in [5, 5.41) is 13.0. The van der Waals surface area contributed by atoms with Gasteiger partial charge in [-0.25, -0.2) is 0 Å². The predicted molar refractivity (Wildman–Crippen MR) is 125 cm³/mol.